The van der Waals surface area contributed by atoms with Crippen molar-refractivity contribution < 1.29 is 32.5 Å². The van der Waals surface area contributed by atoms with E-state index in [0.29, 0.717) is 30.2 Å². The second kappa shape index (κ2) is 11.6. The number of benzene rings is 1. The number of carbonyl (C=O) groups excluding carboxylic acids is 1. The molecule has 6 rings (SSSR count). The van der Waals surface area contributed by atoms with Crippen molar-refractivity contribution in [3.05, 3.63) is 47.2 Å². The van der Waals surface area contributed by atoms with E-state index in [1.165, 1.54) is 0 Å². The van der Waals surface area contributed by atoms with Crippen molar-refractivity contribution in [2.24, 2.45) is 11.3 Å². The summed E-state index contributed by atoms with van der Waals surface area (Å²) in [7, 11) is -3.22. The Hall–Kier alpha value is -2.89. The van der Waals surface area contributed by atoms with Crippen molar-refractivity contribution in [2.45, 2.75) is 89.5 Å². The lowest BCUT2D eigenvalue weighted by molar-refractivity contribution is -0.125. The van der Waals surface area contributed by atoms with Gasteiger partial charge in [-0.25, -0.2) is 13.4 Å². The van der Waals surface area contributed by atoms with Gasteiger partial charge < -0.3 is 30.0 Å². The van der Waals surface area contributed by atoms with E-state index in [9.17, 15) is 18.3 Å². The van der Waals surface area contributed by atoms with Crippen LogP contribution in [0, 0.1) is 11.3 Å². The van der Waals surface area contributed by atoms with E-state index >= 15 is 0 Å². The number of aliphatic hydroxyl groups is 1. The van der Waals surface area contributed by atoms with Crippen LogP contribution >= 0.6 is 0 Å². The summed E-state index contributed by atoms with van der Waals surface area (Å²) < 4.78 is 41.5. The molecule has 10 nitrogen and oxygen atoms in total. The lowest BCUT2D eigenvalue weighted by atomic mass is 9.73. The van der Waals surface area contributed by atoms with Crippen molar-refractivity contribution >= 4 is 15.7 Å². The van der Waals surface area contributed by atoms with E-state index in [1.54, 1.807) is 0 Å². The van der Waals surface area contributed by atoms with Gasteiger partial charge in [-0.3, -0.25) is 4.79 Å². The molecule has 1 saturated carbocycles. The summed E-state index contributed by atoms with van der Waals surface area (Å²) in [6.45, 7) is 6.99. The van der Waals surface area contributed by atoms with E-state index in [-0.39, 0.29) is 47.8 Å². The molecule has 1 aliphatic carbocycles. The SMILES string of the molecule is CC(C)(C)Cc1cnc2c(c1)[C@@H](NC[C@H](O)[C@H](Cc1ccc3c(c1)OCO3)NC(=O)C1CCS(=O)(=O)C1)CC1(CCC1)O2. The highest BCUT2D eigenvalue weighted by molar-refractivity contribution is 7.91. The molecule has 3 aliphatic heterocycles. The topological polar surface area (TPSA) is 136 Å². The Morgan fingerprint density at radius 1 is 1.16 bits per heavy atom. The molecule has 0 bridgehead atoms. The molecule has 2 fully saturated rings. The van der Waals surface area contributed by atoms with Crippen LogP contribution in [-0.2, 0) is 27.5 Å². The predicted molar refractivity (Wildman–Crippen MR) is 161 cm³/mol. The van der Waals surface area contributed by atoms with Crippen LogP contribution in [0.4, 0.5) is 0 Å². The Kier molecular flexibility index (Phi) is 8.10. The van der Waals surface area contributed by atoms with Gasteiger partial charge in [-0.05, 0) is 73.3 Å². The van der Waals surface area contributed by atoms with Crippen LogP contribution in [0.15, 0.2) is 30.5 Å². The minimum atomic E-state index is -3.22. The van der Waals surface area contributed by atoms with Crippen LogP contribution < -0.4 is 24.8 Å². The highest BCUT2D eigenvalue weighted by atomic mass is 32.2. The van der Waals surface area contributed by atoms with Gasteiger partial charge in [0.1, 0.15) is 5.60 Å². The first-order valence-corrected chi connectivity index (χ1v) is 17.2. The van der Waals surface area contributed by atoms with Crippen LogP contribution in [0.2, 0.25) is 0 Å². The Morgan fingerprint density at radius 2 is 1.95 bits per heavy atom. The number of pyridine rings is 1. The molecule has 3 N–H and O–H groups in total. The molecule has 1 spiro atoms. The van der Waals surface area contributed by atoms with Crippen molar-refractivity contribution in [3.63, 3.8) is 0 Å². The second-order valence-corrected chi connectivity index (χ2v) is 16.2. The number of nitrogens with one attached hydrogen (secondary N) is 2. The van der Waals surface area contributed by atoms with Gasteiger partial charge in [-0.1, -0.05) is 26.8 Å². The number of fused-ring (bicyclic) bond motifs is 2. The number of ether oxygens (including phenoxy) is 3. The quantitative estimate of drug-likeness (QED) is 0.389. The van der Waals surface area contributed by atoms with Gasteiger partial charge in [0, 0.05) is 30.8 Å². The lowest BCUT2D eigenvalue weighted by Crippen LogP contribution is -2.53. The zero-order valence-corrected chi connectivity index (χ0v) is 26.0. The van der Waals surface area contributed by atoms with Crippen molar-refractivity contribution in [1.82, 2.24) is 15.6 Å². The standard InChI is InChI=1S/C32H43N3O7S/c1-31(2,3)14-21-11-23-25(15-32(8-4-9-32)42-30(23)34-16-21)33-17-26(36)24(35-29(37)22-7-10-43(38,39)18-22)12-20-5-6-27-28(13-20)41-19-40-27/h5-6,11,13,16,22,24-26,33,36H,4,7-10,12,14-15,17-19H2,1-3H3,(H,35,37)/t22?,24-,25-,26-/m0/s1. The van der Waals surface area contributed by atoms with Gasteiger partial charge in [-0.15, -0.1) is 0 Å². The van der Waals surface area contributed by atoms with E-state index in [4.69, 9.17) is 19.2 Å². The summed E-state index contributed by atoms with van der Waals surface area (Å²) in [5, 5.41) is 18.1. The third kappa shape index (κ3) is 6.94. The molecule has 4 atom stereocenters. The first-order chi connectivity index (χ1) is 20.4. The van der Waals surface area contributed by atoms with Crippen LogP contribution in [0.3, 0.4) is 0 Å². The number of amides is 1. The molecule has 1 saturated heterocycles. The van der Waals surface area contributed by atoms with E-state index in [0.717, 1.165) is 48.8 Å². The molecule has 11 heteroatoms. The zero-order chi connectivity index (χ0) is 30.4. The highest BCUT2D eigenvalue weighted by Gasteiger charge is 2.46. The van der Waals surface area contributed by atoms with Crippen LogP contribution in [0.1, 0.15) is 75.6 Å². The Morgan fingerprint density at radius 3 is 2.65 bits per heavy atom. The number of sulfone groups is 1. The molecule has 43 heavy (non-hydrogen) atoms. The molecular formula is C32H43N3O7S. The largest absolute Gasteiger partial charge is 0.471 e. The Balaban J connectivity index is 1.20. The van der Waals surface area contributed by atoms with Crippen LogP contribution in [-0.4, -0.2) is 67.0 Å². The van der Waals surface area contributed by atoms with Gasteiger partial charge >= 0.3 is 0 Å². The fraction of sp³-hybridized carbons (Fsp3) is 0.625. The highest BCUT2D eigenvalue weighted by Crippen LogP contribution is 2.48. The Bertz CT molecular complexity index is 1470. The maximum atomic E-state index is 13.2. The monoisotopic (exact) mass is 613 g/mol. The number of carbonyl (C=O) groups is 1. The summed E-state index contributed by atoms with van der Waals surface area (Å²) in [6, 6.07) is 7.04. The number of aromatic nitrogens is 1. The maximum absolute atomic E-state index is 13.2. The van der Waals surface area contributed by atoms with Crippen molar-refractivity contribution in [3.8, 4) is 17.4 Å². The van der Waals surface area contributed by atoms with E-state index < -0.39 is 27.9 Å². The number of hydrogen-bond acceptors (Lipinski definition) is 9. The summed E-state index contributed by atoms with van der Waals surface area (Å²) >= 11 is 0. The normalized spacial score (nSPS) is 24.5. The third-order valence-electron chi connectivity index (χ3n) is 9.06. The van der Waals surface area contributed by atoms with E-state index in [1.807, 2.05) is 24.4 Å². The summed E-state index contributed by atoms with van der Waals surface area (Å²) in [6.07, 6.45) is 6.35. The minimum Gasteiger partial charge on any atom is -0.471 e. The predicted octanol–water partition coefficient (Wildman–Crippen LogP) is 3.26. The fourth-order valence-electron chi connectivity index (χ4n) is 6.66. The molecule has 1 aromatic carbocycles. The lowest BCUT2D eigenvalue weighted by Gasteiger charge is -2.47. The summed E-state index contributed by atoms with van der Waals surface area (Å²) in [5.74, 6) is 0.838. The van der Waals surface area contributed by atoms with Crippen LogP contribution in [0.25, 0.3) is 0 Å². The average molecular weight is 614 g/mol. The van der Waals surface area contributed by atoms with Gasteiger partial charge in [0.25, 0.3) is 0 Å². The average Bonchev–Trinajstić information content (AvgIpc) is 3.54. The second-order valence-electron chi connectivity index (χ2n) is 14.0. The fourth-order valence-corrected chi connectivity index (χ4v) is 8.40. The molecule has 1 unspecified atom stereocenters. The van der Waals surface area contributed by atoms with Gasteiger partial charge in [0.2, 0.25) is 18.6 Å². The molecule has 1 amide bonds. The first-order valence-electron chi connectivity index (χ1n) is 15.4. The van der Waals surface area contributed by atoms with Crippen molar-refractivity contribution in [2.75, 3.05) is 24.8 Å². The number of hydrogen-bond donors (Lipinski definition) is 3. The Labute approximate surface area is 253 Å². The van der Waals surface area contributed by atoms with Gasteiger partial charge in [-0.2, -0.15) is 0 Å². The van der Waals surface area contributed by atoms with E-state index in [2.05, 4.69) is 37.5 Å². The molecule has 4 heterocycles. The summed E-state index contributed by atoms with van der Waals surface area (Å²) in [5.41, 5.74) is 2.89. The van der Waals surface area contributed by atoms with Gasteiger partial charge in [0.05, 0.1) is 29.6 Å². The molecule has 1 aromatic heterocycles. The smallest absolute Gasteiger partial charge is 0.231 e. The first kappa shape index (κ1) is 30.1. The number of rotatable bonds is 9. The number of aliphatic hydroxyl groups excluding tert-OH is 1. The molecule has 2 aromatic rings. The minimum absolute atomic E-state index is 0.0121. The third-order valence-corrected chi connectivity index (χ3v) is 10.8. The molecule has 4 aliphatic rings. The molecule has 234 valence electrons. The van der Waals surface area contributed by atoms with Gasteiger partial charge in [0.15, 0.2) is 21.3 Å². The molecular weight excluding hydrogens is 570 g/mol. The summed E-state index contributed by atoms with van der Waals surface area (Å²) in [4.78, 5) is 17.9. The zero-order valence-electron chi connectivity index (χ0n) is 25.2. The van der Waals surface area contributed by atoms with Crippen molar-refractivity contribution in [1.29, 1.82) is 0 Å². The molecule has 0 radical (unpaired) electrons. The number of nitrogens with zero attached hydrogens (tertiary/aromatic N) is 1. The van der Waals surface area contributed by atoms with Crippen LogP contribution in [0.5, 0.6) is 17.4 Å². The maximum Gasteiger partial charge on any atom is 0.231 e.